The summed E-state index contributed by atoms with van der Waals surface area (Å²) in [7, 11) is 0. The first-order valence-electron chi connectivity index (χ1n) is 6.82. The summed E-state index contributed by atoms with van der Waals surface area (Å²) >= 11 is 12.5. The van der Waals surface area contributed by atoms with Gasteiger partial charge in [0.2, 0.25) is 5.91 Å². The van der Waals surface area contributed by atoms with Crippen molar-refractivity contribution in [2.45, 2.75) is 38.8 Å². The maximum atomic E-state index is 12.3. The Kier molecular flexibility index (Phi) is 4.79. The number of hydrogen-bond acceptors (Lipinski definition) is 2. The molecule has 1 amide bonds. The molecule has 0 aliphatic carbocycles. The van der Waals surface area contributed by atoms with Crippen LogP contribution in [0.4, 0.5) is 0 Å². The van der Waals surface area contributed by atoms with E-state index in [2.05, 4.69) is 0 Å². The second-order valence-electron chi connectivity index (χ2n) is 5.46. The molecule has 0 bridgehead atoms. The SMILES string of the molecule is CC(C)N1C(=O)CCC(C(=O)O)C1c1c(Cl)cccc1Cl. The van der Waals surface area contributed by atoms with Crippen molar-refractivity contribution < 1.29 is 14.7 Å². The number of carboxylic acid groups (broad SMARTS) is 1. The van der Waals surface area contributed by atoms with Crippen molar-refractivity contribution in [3.05, 3.63) is 33.8 Å². The van der Waals surface area contributed by atoms with Gasteiger partial charge in [-0.25, -0.2) is 0 Å². The van der Waals surface area contributed by atoms with Gasteiger partial charge in [0.05, 0.1) is 12.0 Å². The molecule has 6 heteroatoms. The molecule has 2 rings (SSSR count). The number of amides is 1. The van der Waals surface area contributed by atoms with Crippen molar-refractivity contribution in [1.29, 1.82) is 0 Å². The Labute approximate surface area is 133 Å². The predicted molar refractivity (Wildman–Crippen MR) is 81.5 cm³/mol. The molecule has 2 unspecified atom stereocenters. The van der Waals surface area contributed by atoms with E-state index in [1.807, 2.05) is 13.8 Å². The third-order valence-corrected chi connectivity index (χ3v) is 4.47. The first-order valence-corrected chi connectivity index (χ1v) is 7.58. The number of carbonyl (C=O) groups is 2. The zero-order chi connectivity index (χ0) is 15.7. The fourth-order valence-corrected chi connectivity index (χ4v) is 3.54. The highest BCUT2D eigenvalue weighted by Crippen LogP contribution is 2.43. The predicted octanol–water partition coefficient (Wildman–Crippen LogP) is 3.77. The maximum Gasteiger partial charge on any atom is 0.308 e. The minimum Gasteiger partial charge on any atom is -0.481 e. The van der Waals surface area contributed by atoms with Crippen molar-refractivity contribution >= 4 is 35.1 Å². The van der Waals surface area contributed by atoms with Gasteiger partial charge < -0.3 is 10.0 Å². The van der Waals surface area contributed by atoms with Gasteiger partial charge in [-0.1, -0.05) is 29.3 Å². The number of carbonyl (C=O) groups excluding carboxylic acids is 1. The molecule has 21 heavy (non-hydrogen) atoms. The molecular formula is C15H17Cl2NO3. The zero-order valence-corrected chi connectivity index (χ0v) is 13.4. The fraction of sp³-hybridized carbons (Fsp3) is 0.467. The maximum absolute atomic E-state index is 12.3. The Morgan fingerprint density at radius 1 is 1.33 bits per heavy atom. The van der Waals surface area contributed by atoms with E-state index in [1.54, 1.807) is 23.1 Å². The number of hydrogen-bond donors (Lipinski definition) is 1. The standard InChI is InChI=1S/C15H17Cl2NO3/c1-8(2)18-12(19)7-6-9(15(20)21)14(18)13-10(16)4-3-5-11(13)17/h3-5,8-9,14H,6-7H2,1-2H3,(H,20,21). The molecule has 1 aliphatic rings. The number of likely N-dealkylation sites (tertiary alicyclic amines) is 1. The van der Waals surface area contributed by atoms with Crippen LogP contribution < -0.4 is 0 Å². The van der Waals surface area contributed by atoms with E-state index in [4.69, 9.17) is 23.2 Å². The number of rotatable bonds is 3. The number of benzene rings is 1. The number of halogens is 2. The molecule has 1 N–H and O–H groups in total. The van der Waals surface area contributed by atoms with Crippen LogP contribution in [0.5, 0.6) is 0 Å². The van der Waals surface area contributed by atoms with Crippen LogP contribution in [0, 0.1) is 5.92 Å². The minimum absolute atomic E-state index is 0.0662. The lowest BCUT2D eigenvalue weighted by Crippen LogP contribution is -2.48. The zero-order valence-electron chi connectivity index (χ0n) is 11.8. The Morgan fingerprint density at radius 3 is 2.38 bits per heavy atom. The Bertz CT molecular complexity index is 554. The molecule has 0 radical (unpaired) electrons. The highest BCUT2D eigenvalue weighted by molar-refractivity contribution is 6.36. The molecule has 1 heterocycles. The van der Waals surface area contributed by atoms with E-state index in [9.17, 15) is 14.7 Å². The average Bonchev–Trinajstić information content (AvgIpc) is 2.37. The largest absolute Gasteiger partial charge is 0.481 e. The normalized spacial score (nSPS) is 22.7. The molecule has 4 nitrogen and oxygen atoms in total. The van der Waals surface area contributed by atoms with Gasteiger partial charge in [-0.05, 0) is 32.4 Å². The summed E-state index contributed by atoms with van der Waals surface area (Å²) in [6.07, 6.45) is 0.525. The number of nitrogens with zero attached hydrogens (tertiary/aromatic N) is 1. The van der Waals surface area contributed by atoms with Crippen LogP contribution >= 0.6 is 23.2 Å². The summed E-state index contributed by atoms with van der Waals surface area (Å²) in [5.41, 5.74) is 0.523. The number of carboxylic acids is 1. The van der Waals surface area contributed by atoms with E-state index < -0.39 is 17.9 Å². The number of aliphatic carboxylic acids is 1. The van der Waals surface area contributed by atoms with Crippen molar-refractivity contribution in [2.24, 2.45) is 5.92 Å². The van der Waals surface area contributed by atoms with Gasteiger partial charge in [0.15, 0.2) is 0 Å². The topological polar surface area (TPSA) is 57.6 Å². The minimum atomic E-state index is -0.936. The van der Waals surface area contributed by atoms with Crippen molar-refractivity contribution in [1.82, 2.24) is 4.90 Å². The molecule has 1 aromatic carbocycles. The van der Waals surface area contributed by atoms with Crippen LogP contribution in [0.3, 0.4) is 0 Å². The molecule has 0 saturated carbocycles. The molecule has 1 aliphatic heterocycles. The fourth-order valence-electron chi connectivity index (χ4n) is 2.92. The van der Waals surface area contributed by atoms with E-state index in [-0.39, 0.29) is 18.4 Å². The van der Waals surface area contributed by atoms with Crippen LogP contribution in [0.2, 0.25) is 10.0 Å². The quantitative estimate of drug-likeness (QED) is 0.918. The Morgan fingerprint density at radius 2 is 1.90 bits per heavy atom. The van der Waals surface area contributed by atoms with E-state index in [0.717, 1.165) is 0 Å². The second-order valence-corrected chi connectivity index (χ2v) is 6.27. The smallest absolute Gasteiger partial charge is 0.308 e. The molecule has 0 spiro atoms. The van der Waals surface area contributed by atoms with Gasteiger partial charge in [0.1, 0.15) is 0 Å². The van der Waals surface area contributed by atoms with Gasteiger partial charge in [0.25, 0.3) is 0 Å². The average molecular weight is 330 g/mol. The molecule has 0 aromatic heterocycles. The highest BCUT2D eigenvalue weighted by Gasteiger charge is 2.43. The molecule has 2 atom stereocenters. The summed E-state index contributed by atoms with van der Waals surface area (Å²) in [6, 6.07) is 4.27. The lowest BCUT2D eigenvalue weighted by molar-refractivity contribution is -0.153. The van der Waals surface area contributed by atoms with Crippen LogP contribution in [0.1, 0.15) is 38.3 Å². The Balaban J connectivity index is 2.60. The monoisotopic (exact) mass is 329 g/mol. The first-order chi connectivity index (χ1) is 9.84. The van der Waals surface area contributed by atoms with E-state index in [1.165, 1.54) is 0 Å². The first kappa shape index (κ1) is 16.1. The molecule has 1 saturated heterocycles. The summed E-state index contributed by atoms with van der Waals surface area (Å²) < 4.78 is 0. The van der Waals surface area contributed by atoms with E-state index >= 15 is 0 Å². The summed E-state index contributed by atoms with van der Waals surface area (Å²) in [4.78, 5) is 25.5. The van der Waals surface area contributed by atoms with Crippen LogP contribution in [-0.2, 0) is 9.59 Å². The molecule has 1 aromatic rings. The molecule has 1 fully saturated rings. The summed E-state index contributed by atoms with van der Waals surface area (Å²) in [6.45, 7) is 3.72. The van der Waals surface area contributed by atoms with E-state index in [0.29, 0.717) is 22.0 Å². The lowest BCUT2D eigenvalue weighted by Gasteiger charge is -2.42. The molecule has 114 valence electrons. The third-order valence-electron chi connectivity index (χ3n) is 3.81. The summed E-state index contributed by atoms with van der Waals surface area (Å²) in [5.74, 6) is -1.71. The third kappa shape index (κ3) is 3.01. The highest BCUT2D eigenvalue weighted by atomic mass is 35.5. The van der Waals surface area contributed by atoms with Crippen molar-refractivity contribution in [3.8, 4) is 0 Å². The van der Waals surface area contributed by atoms with Gasteiger partial charge >= 0.3 is 5.97 Å². The number of piperidine rings is 1. The van der Waals surface area contributed by atoms with Crippen LogP contribution in [0.15, 0.2) is 18.2 Å². The van der Waals surface area contributed by atoms with Crippen molar-refractivity contribution in [2.75, 3.05) is 0 Å². The van der Waals surface area contributed by atoms with Crippen molar-refractivity contribution in [3.63, 3.8) is 0 Å². The van der Waals surface area contributed by atoms with Gasteiger partial charge in [-0.15, -0.1) is 0 Å². The van der Waals surface area contributed by atoms with Gasteiger partial charge in [-0.2, -0.15) is 0 Å². The molecular weight excluding hydrogens is 313 g/mol. The van der Waals surface area contributed by atoms with Crippen LogP contribution in [-0.4, -0.2) is 27.9 Å². The van der Waals surface area contributed by atoms with Crippen LogP contribution in [0.25, 0.3) is 0 Å². The van der Waals surface area contributed by atoms with Gasteiger partial charge in [0, 0.05) is 28.1 Å². The summed E-state index contributed by atoms with van der Waals surface area (Å²) in [5, 5.41) is 10.3. The Hall–Kier alpha value is -1.26. The lowest BCUT2D eigenvalue weighted by atomic mass is 9.83. The van der Waals surface area contributed by atoms with Gasteiger partial charge in [-0.3, -0.25) is 9.59 Å². The second kappa shape index (κ2) is 6.24.